The molecule has 1 heterocycles. The molecule has 1 aliphatic heterocycles. The number of rotatable bonds is 4. The number of hydrogen-bond acceptors (Lipinski definition) is 8. The van der Waals surface area contributed by atoms with Crippen molar-refractivity contribution >= 4 is 28.9 Å². The van der Waals surface area contributed by atoms with Gasteiger partial charge in [0, 0.05) is 17.3 Å². The first-order valence-electron chi connectivity index (χ1n) is 6.89. The largest absolute Gasteiger partial charge is 0.350 e. The summed E-state index contributed by atoms with van der Waals surface area (Å²) < 4.78 is 0. The first-order valence-corrected chi connectivity index (χ1v) is 6.89. The van der Waals surface area contributed by atoms with Crippen molar-refractivity contribution in [1.29, 1.82) is 0 Å². The second-order valence-electron chi connectivity index (χ2n) is 5.29. The third-order valence-electron chi connectivity index (χ3n) is 3.60. The number of fused-ring (bicyclic) bond motifs is 1. The summed E-state index contributed by atoms with van der Waals surface area (Å²) in [5.74, 6) is -4.30. The van der Waals surface area contributed by atoms with Crippen LogP contribution in [0, 0.1) is 10.1 Å². The first-order chi connectivity index (χ1) is 11.7. The van der Waals surface area contributed by atoms with Gasteiger partial charge in [0.05, 0.1) is 16.1 Å². The Morgan fingerprint density at radius 3 is 2.32 bits per heavy atom. The number of benzene rings is 2. The predicted molar refractivity (Wildman–Crippen MR) is 83.0 cm³/mol. The molecule has 0 atom stereocenters. The summed E-state index contributed by atoms with van der Waals surface area (Å²) in [5, 5.41) is 43.4. The lowest BCUT2D eigenvalue weighted by Gasteiger charge is -2.15. The van der Waals surface area contributed by atoms with Gasteiger partial charge in [0.15, 0.2) is 0 Å². The fourth-order valence-electron chi connectivity index (χ4n) is 2.40. The molecule has 2 aromatic carbocycles. The molecule has 25 heavy (non-hydrogen) atoms. The molecule has 0 aliphatic carbocycles. The number of nitrogens with one attached hydrogen (secondary N) is 2. The van der Waals surface area contributed by atoms with Crippen molar-refractivity contribution in [1.82, 2.24) is 5.32 Å². The summed E-state index contributed by atoms with van der Waals surface area (Å²) in [6.45, 7) is 0. The molecule has 10 heteroatoms. The minimum Gasteiger partial charge on any atom is -0.350 e. The molecular weight excluding hydrogens is 334 g/mol. The Kier molecular flexibility index (Phi) is 3.72. The van der Waals surface area contributed by atoms with E-state index in [-0.39, 0.29) is 16.8 Å². The van der Waals surface area contributed by atoms with Gasteiger partial charge in [-0.15, -0.1) is 0 Å². The molecule has 0 bridgehead atoms. The normalized spacial score (nSPS) is 13.4. The molecule has 0 unspecified atom stereocenters. The van der Waals surface area contributed by atoms with Crippen molar-refractivity contribution in [3.8, 4) is 0 Å². The van der Waals surface area contributed by atoms with Crippen LogP contribution in [0.3, 0.4) is 0 Å². The van der Waals surface area contributed by atoms with E-state index in [1.807, 2.05) is 0 Å². The highest BCUT2D eigenvalue weighted by atomic mass is 16.7. The van der Waals surface area contributed by atoms with E-state index in [2.05, 4.69) is 10.6 Å². The Morgan fingerprint density at radius 2 is 1.68 bits per heavy atom. The van der Waals surface area contributed by atoms with Crippen LogP contribution in [0.5, 0.6) is 0 Å². The monoisotopic (exact) mass is 345 g/mol. The lowest BCUT2D eigenvalue weighted by molar-refractivity contribution is -0.384. The van der Waals surface area contributed by atoms with Crippen LogP contribution in [0.15, 0.2) is 36.4 Å². The molecule has 0 saturated carbocycles. The molecule has 1 aliphatic rings. The number of aliphatic hydroxyl groups is 3. The van der Waals surface area contributed by atoms with Crippen molar-refractivity contribution in [2.75, 3.05) is 5.32 Å². The number of nitro benzene ring substituents is 1. The van der Waals surface area contributed by atoms with Crippen LogP contribution in [0.2, 0.25) is 0 Å². The Balaban J connectivity index is 1.99. The maximum Gasteiger partial charge on any atom is 0.304 e. The van der Waals surface area contributed by atoms with Gasteiger partial charge in [0.25, 0.3) is 17.5 Å². The molecule has 3 rings (SSSR count). The van der Waals surface area contributed by atoms with Crippen molar-refractivity contribution in [3.63, 3.8) is 0 Å². The zero-order valence-electron chi connectivity index (χ0n) is 12.4. The lowest BCUT2D eigenvalue weighted by atomic mass is 10.1. The Labute approximate surface area is 139 Å². The van der Waals surface area contributed by atoms with E-state index in [4.69, 9.17) is 15.3 Å². The third-order valence-corrected chi connectivity index (χ3v) is 3.60. The molecule has 0 radical (unpaired) electrons. The molecule has 5 N–H and O–H groups in total. The predicted octanol–water partition coefficient (Wildman–Crippen LogP) is 0.309. The number of imide groups is 1. The fraction of sp³-hybridized carbons (Fsp3) is 0.0667. The molecule has 0 fully saturated rings. The van der Waals surface area contributed by atoms with Crippen LogP contribution in [0.4, 0.5) is 17.1 Å². The molecule has 2 amide bonds. The van der Waals surface area contributed by atoms with Crippen LogP contribution in [-0.2, 0) is 5.97 Å². The van der Waals surface area contributed by atoms with Gasteiger partial charge in [-0.05, 0) is 30.3 Å². The Morgan fingerprint density at radius 1 is 1.00 bits per heavy atom. The highest BCUT2D eigenvalue weighted by Gasteiger charge is 2.28. The summed E-state index contributed by atoms with van der Waals surface area (Å²) in [6.07, 6.45) is 0. The average Bonchev–Trinajstić information content (AvgIpc) is 2.80. The highest BCUT2D eigenvalue weighted by molar-refractivity contribution is 6.21. The highest BCUT2D eigenvalue weighted by Crippen LogP contribution is 2.32. The van der Waals surface area contributed by atoms with E-state index in [0.29, 0.717) is 5.69 Å². The van der Waals surface area contributed by atoms with Crippen LogP contribution < -0.4 is 10.6 Å². The van der Waals surface area contributed by atoms with E-state index < -0.39 is 34.0 Å². The SMILES string of the molecule is O=C1NC(=O)c2cc(Nc3ccc(C(O)(O)O)cc3[N+](=O)[O-])ccc21. The number of anilines is 2. The van der Waals surface area contributed by atoms with Gasteiger partial charge in [0.1, 0.15) is 5.69 Å². The van der Waals surface area contributed by atoms with Gasteiger partial charge in [-0.25, -0.2) is 0 Å². The molecule has 0 saturated heterocycles. The standard InChI is InChI=1S/C15H11N3O7/c19-13-9-3-2-8(6-10(9)14(20)17-13)16-11-4-1-7(15(21,22)23)5-12(11)18(24)25/h1-6,16,21-23H,(H,17,19,20). The molecule has 2 aromatic rings. The summed E-state index contributed by atoms with van der Waals surface area (Å²) in [4.78, 5) is 33.6. The number of hydrogen-bond donors (Lipinski definition) is 5. The number of carbonyl (C=O) groups excluding carboxylic acids is 2. The molecule has 0 aromatic heterocycles. The molecule has 10 nitrogen and oxygen atoms in total. The lowest BCUT2D eigenvalue weighted by Crippen LogP contribution is -2.23. The Hall–Kier alpha value is -3.34. The van der Waals surface area contributed by atoms with E-state index in [1.165, 1.54) is 24.3 Å². The maximum absolute atomic E-state index is 11.7. The molecule has 0 spiro atoms. The van der Waals surface area contributed by atoms with Crippen molar-refractivity contribution < 1.29 is 29.8 Å². The van der Waals surface area contributed by atoms with Crippen LogP contribution in [0.25, 0.3) is 0 Å². The summed E-state index contributed by atoms with van der Waals surface area (Å²) in [5.41, 5.74) is -0.380. The molecule has 128 valence electrons. The van der Waals surface area contributed by atoms with Gasteiger partial charge in [-0.1, -0.05) is 0 Å². The van der Waals surface area contributed by atoms with Crippen molar-refractivity contribution in [2.24, 2.45) is 0 Å². The van der Waals surface area contributed by atoms with Gasteiger partial charge in [-0.2, -0.15) is 0 Å². The second kappa shape index (κ2) is 5.63. The first kappa shape index (κ1) is 16.5. The van der Waals surface area contributed by atoms with Crippen LogP contribution in [-0.4, -0.2) is 32.1 Å². The van der Waals surface area contributed by atoms with Gasteiger partial charge in [0.2, 0.25) is 0 Å². The topological polar surface area (TPSA) is 162 Å². The van der Waals surface area contributed by atoms with Crippen molar-refractivity contribution in [3.05, 3.63) is 63.2 Å². The minimum absolute atomic E-state index is 0.0114. The van der Waals surface area contributed by atoms with Gasteiger partial charge in [-0.3, -0.25) is 25.0 Å². The fourth-order valence-corrected chi connectivity index (χ4v) is 2.40. The summed E-state index contributed by atoms with van der Waals surface area (Å²) >= 11 is 0. The van der Waals surface area contributed by atoms with Crippen LogP contribution >= 0.6 is 0 Å². The quantitative estimate of drug-likeness (QED) is 0.229. The number of carbonyl (C=O) groups is 2. The zero-order valence-corrected chi connectivity index (χ0v) is 12.4. The number of nitrogens with zero attached hydrogens (tertiary/aromatic N) is 1. The average molecular weight is 345 g/mol. The summed E-state index contributed by atoms with van der Waals surface area (Å²) in [7, 11) is 0. The number of amides is 2. The molecular formula is C15H11N3O7. The zero-order chi connectivity index (χ0) is 18.4. The number of nitro groups is 1. The van der Waals surface area contributed by atoms with Crippen molar-refractivity contribution in [2.45, 2.75) is 5.97 Å². The Bertz CT molecular complexity index is 918. The van der Waals surface area contributed by atoms with E-state index in [0.717, 1.165) is 12.1 Å². The minimum atomic E-state index is -3.21. The van der Waals surface area contributed by atoms with E-state index in [9.17, 15) is 19.7 Å². The summed E-state index contributed by atoms with van der Waals surface area (Å²) in [6, 6.07) is 7.27. The second-order valence-corrected chi connectivity index (χ2v) is 5.29. The van der Waals surface area contributed by atoms with E-state index in [1.54, 1.807) is 0 Å². The smallest absolute Gasteiger partial charge is 0.304 e. The van der Waals surface area contributed by atoms with Gasteiger partial charge < -0.3 is 20.6 Å². The third kappa shape index (κ3) is 3.04. The maximum atomic E-state index is 11.7. The van der Waals surface area contributed by atoms with Gasteiger partial charge >= 0.3 is 5.97 Å². The van der Waals surface area contributed by atoms with Crippen LogP contribution in [0.1, 0.15) is 26.3 Å². The van der Waals surface area contributed by atoms with E-state index >= 15 is 0 Å².